The van der Waals surface area contributed by atoms with Crippen LogP contribution >= 0.6 is 0 Å². The number of rotatable bonds is 3. The summed E-state index contributed by atoms with van der Waals surface area (Å²) < 4.78 is 0. The van der Waals surface area contributed by atoms with Gasteiger partial charge in [-0.05, 0) is 30.7 Å². The average Bonchev–Trinajstić information content (AvgIpc) is 2.85. The van der Waals surface area contributed by atoms with Gasteiger partial charge in [0, 0.05) is 25.5 Å². The monoisotopic (exact) mass is 245 g/mol. The van der Waals surface area contributed by atoms with Crippen LogP contribution in [0.15, 0.2) is 24.4 Å². The molecule has 0 aliphatic rings. The molecule has 94 valence electrons. The van der Waals surface area contributed by atoms with E-state index in [1.165, 1.54) is 6.20 Å². The van der Waals surface area contributed by atoms with E-state index in [4.69, 9.17) is 0 Å². The summed E-state index contributed by atoms with van der Waals surface area (Å²) in [5.74, 6) is -0.274. The number of carbonyl (C=O) groups excluding carboxylic acids is 1. The maximum Gasteiger partial charge on any atom is 0.277 e. The van der Waals surface area contributed by atoms with Gasteiger partial charge in [-0.25, -0.2) is 0 Å². The van der Waals surface area contributed by atoms with Crippen LogP contribution in [0, 0.1) is 6.92 Å². The Labute approximate surface area is 105 Å². The predicted molar refractivity (Wildman–Crippen MR) is 69.8 cm³/mol. The summed E-state index contributed by atoms with van der Waals surface area (Å²) in [4.78, 5) is 13.8. The second-order valence-electron chi connectivity index (χ2n) is 4.20. The number of nitrogens with one attached hydrogen (secondary N) is 2. The molecule has 1 aromatic heterocycles. The van der Waals surface area contributed by atoms with E-state index in [0.717, 1.165) is 16.9 Å². The number of H-pyrrole nitrogens is 1. The first kappa shape index (κ1) is 12.1. The van der Waals surface area contributed by atoms with Gasteiger partial charge in [0.25, 0.3) is 5.91 Å². The van der Waals surface area contributed by atoms with Gasteiger partial charge in [-0.3, -0.25) is 4.79 Å². The van der Waals surface area contributed by atoms with Gasteiger partial charge in [-0.2, -0.15) is 15.4 Å². The molecule has 2 aromatic rings. The van der Waals surface area contributed by atoms with E-state index in [1.54, 1.807) is 0 Å². The highest BCUT2D eigenvalue weighted by Gasteiger charge is 2.10. The van der Waals surface area contributed by atoms with E-state index in [1.807, 2.05) is 44.1 Å². The van der Waals surface area contributed by atoms with Crippen molar-refractivity contribution in [3.05, 3.63) is 35.7 Å². The van der Waals surface area contributed by atoms with Crippen LogP contribution in [0.5, 0.6) is 0 Å². The van der Waals surface area contributed by atoms with Crippen molar-refractivity contribution in [1.29, 1.82) is 0 Å². The van der Waals surface area contributed by atoms with Gasteiger partial charge >= 0.3 is 0 Å². The fourth-order valence-electron chi connectivity index (χ4n) is 1.56. The summed E-state index contributed by atoms with van der Waals surface area (Å²) in [6.45, 7) is 1.95. The molecule has 0 radical (unpaired) electrons. The predicted octanol–water partition coefficient (Wildman–Crippen LogP) is 1.43. The lowest BCUT2D eigenvalue weighted by Crippen LogP contribution is -2.14. The first-order valence-corrected chi connectivity index (χ1v) is 5.53. The third kappa shape index (κ3) is 2.48. The number of anilines is 2. The molecule has 0 spiro atoms. The Morgan fingerprint density at radius 3 is 2.72 bits per heavy atom. The molecule has 0 bridgehead atoms. The highest BCUT2D eigenvalue weighted by Crippen LogP contribution is 2.21. The fraction of sp³-hybridized carbons (Fsp3) is 0.250. The smallest absolute Gasteiger partial charge is 0.277 e. The van der Waals surface area contributed by atoms with Gasteiger partial charge < -0.3 is 10.2 Å². The molecule has 1 amide bonds. The van der Waals surface area contributed by atoms with E-state index in [-0.39, 0.29) is 11.6 Å². The largest absolute Gasteiger partial charge is 0.378 e. The van der Waals surface area contributed by atoms with Crippen molar-refractivity contribution in [1.82, 2.24) is 15.4 Å². The molecule has 0 atom stereocenters. The standard InChI is InChI=1S/C12H15N5O/c1-8-6-9(17(2)3)4-5-10(8)14-12(18)11-7-13-16-15-11/h4-7H,1-3H3,(H,14,18)(H,13,15,16). The number of benzene rings is 1. The number of hydrogen-bond acceptors (Lipinski definition) is 4. The normalized spacial score (nSPS) is 10.2. The van der Waals surface area contributed by atoms with Crippen LogP contribution in [0.25, 0.3) is 0 Å². The molecule has 0 unspecified atom stereocenters. The molecule has 1 heterocycles. The lowest BCUT2D eigenvalue weighted by molar-refractivity contribution is 0.102. The highest BCUT2D eigenvalue weighted by atomic mass is 16.2. The van der Waals surface area contributed by atoms with Crippen LogP contribution in [-0.4, -0.2) is 35.4 Å². The third-order valence-electron chi connectivity index (χ3n) is 2.62. The Kier molecular flexibility index (Phi) is 3.27. The molecule has 1 aromatic carbocycles. The van der Waals surface area contributed by atoms with Gasteiger partial charge in [0.15, 0.2) is 5.69 Å². The number of hydrogen-bond donors (Lipinski definition) is 2. The summed E-state index contributed by atoms with van der Waals surface area (Å²) in [5, 5.41) is 12.5. The zero-order valence-electron chi connectivity index (χ0n) is 10.6. The van der Waals surface area contributed by atoms with Gasteiger partial charge in [0.2, 0.25) is 0 Å². The molecule has 2 rings (SSSR count). The quantitative estimate of drug-likeness (QED) is 0.858. The lowest BCUT2D eigenvalue weighted by Gasteiger charge is -2.15. The van der Waals surface area contributed by atoms with Crippen LogP contribution in [0.2, 0.25) is 0 Å². The molecule has 2 N–H and O–H groups in total. The average molecular weight is 245 g/mol. The number of aromatic amines is 1. The first-order chi connectivity index (χ1) is 8.58. The van der Waals surface area contributed by atoms with Crippen molar-refractivity contribution < 1.29 is 4.79 Å². The van der Waals surface area contributed by atoms with E-state index in [9.17, 15) is 4.79 Å². The van der Waals surface area contributed by atoms with Crippen LogP contribution in [-0.2, 0) is 0 Å². The number of aryl methyl sites for hydroxylation is 1. The molecule has 6 nitrogen and oxygen atoms in total. The minimum absolute atomic E-state index is 0.270. The number of aromatic nitrogens is 3. The molecule has 18 heavy (non-hydrogen) atoms. The highest BCUT2D eigenvalue weighted by molar-refractivity contribution is 6.03. The Morgan fingerprint density at radius 2 is 2.17 bits per heavy atom. The van der Waals surface area contributed by atoms with Crippen molar-refractivity contribution in [3.8, 4) is 0 Å². The Balaban J connectivity index is 2.17. The Bertz CT molecular complexity index is 548. The summed E-state index contributed by atoms with van der Waals surface area (Å²) in [6, 6.07) is 5.84. The molecular weight excluding hydrogens is 230 g/mol. The second-order valence-corrected chi connectivity index (χ2v) is 4.20. The maximum atomic E-state index is 11.8. The first-order valence-electron chi connectivity index (χ1n) is 5.53. The summed E-state index contributed by atoms with van der Waals surface area (Å²) in [6.07, 6.45) is 1.39. The van der Waals surface area contributed by atoms with Crippen molar-refractivity contribution in [2.45, 2.75) is 6.92 Å². The topological polar surface area (TPSA) is 73.9 Å². The number of amides is 1. The Morgan fingerprint density at radius 1 is 1.39 bits per heavy atom. The number of carbonyl (C=O) groups is 1. The summed E-state index contributed by atoms with van der Waals surface area (Å²) in [7, 11) is 3.95. The molecule has 0 fully saturated rings. The lowest BCUT2D eigenvalue weighted by atomic mass is 10.1. The molecule has 6 heteroatoms. The summed E-state index contributed by atoms with van der Waals surface area (Å²) >= 11 is 0. The van der Waals surface area contributed by atoms with Crippen LogP contribution in [0.1, 0.15) is 16.1 Å². The van der Waals surface area contributed by atoms with Crippen molar-refractivity contribution >= 4 is 17.3 Å². The third-order valence-corrected chi connectivity index (χ3v) is 2.62. The molecule has 0 saturated heterocycles. The van der Waals surface area contributed by atoms with Crippen LogP contribution in [0.4, 0.5) is 11.4 Å². The van der Waals surface area contributed by atoms with Gasteiger partial charge in [0.1, 0.15) is 0 Å². The van der Waals surface area contributed by atoms with Gasteiger partial charge in [0.05, 0.1) is 6.20 Å². The fourth-order valence-corrected chi connectivity index (χ4v) is 1.56. The SMILES string of the molecule is Cc1cc(N(C)C)ccc1NC(=O)c1cn[nH]n1. The molecule has 0 aliphatic heterocycles. The Hall–Kier alpha value is -2.37. The summed E-state index contributed by atoms with van der Waals surface area (Å²) in [5.41, 5.74) is 3.13. The van der Waals surface area contributed by atoms with Crippen molar-refractivity contribution in [2.24, 2.45) is 0 Å². The minimum Gasteiger partial charge on any atom is -0.378 e. The zero-order chi connectivity index (χ0) is 13.1. The zero-order valence-corrected chi connectivity index (χ0v) is 10.6. The maximum absolute atomic E-state index is 11.8. The van der Waals surface area contributed by atoms with Crippen molar-refractivity contribution in [3.63, 3.8) is 0 Å². The number of nitrogens with zero attached hydrogens (tertiary/aromatic N) is 3. The minimum atomic E-state index is -0.274. The van der Waals surface area contributed by atoms with Gasteiger partial charge in [-0.15, -0.1) is 0 Å². The van der Waals surface area contributed by atoms with E-state index in [2.05, 4.69) is 20.7 Å². The van der Waals surface area contributed by atoms with Crippen molar-refractivity contribution in [2.75, 3.05) is 24.3 Å². The van der Waals surface area contributed by atoms with Gasteiger partial charge in [-0.1, -0.05) is 0 Å². The molecular formula is C12H15N5O. The van der Waals surface area contributed by atoms with Crippen LogP contribution in [0.3, 0.4) is 0 Å². The van der Waals surface area contributed by atoms with E-state index >= 15 is 0 Å². The van der Waals surface area contributed by atoms with Crippen LogP contribution < -0.4 is 10.2 Å². The molecule has 0 saturated carbocycles. The van der Waals surface area contributed by atoms with E-state index < -0.39 is 0 Å². The van der Waals surface area contributed by atoms with E-state index in [0.29, 0.717) is 0 Å². The molecule has 0 aliphatic carbocycles. The second kappa shape index (κ2) is 4.87.